The van der Waals surface area contributed by atoms with Crippen LogP contribution >= 0.6 is 0 Å². The maximum atomic E-state index is 12.1. The highest BCUT2D eigenvalue weighted by Crippen LogP contribution is 2.15. The lowest BCUT2D eigenvalue weighted by atomic mass is 10.2. The third kappa shape index (κ3) is 3.66. The summed E-state index contributed by atoms with van der Waals surface area (Å²) < 4.78 is 25.5. The molecule has 1 aromatic carbocycles. The highest BCUT2D eigenvalue weighted by atomic mass is 32.2. The Hall–Kier alpha value is -1.17. The Labute approximate surface area is 109 Å². The van der Waals surface area contributed by atoms with Crippen LogP contribution in [-0.4, -0.2) is 32.9 Å². The van der Waals surface area contributed by atoms with Gasteiger partial charge >= 0.3 is 0 Å². The van der Waals surface area contributed by atoms with E-state index in [0.717, 1.165) is 18.7 Å². The summed E-state index contributed by atoms with van der Waals surface area (Å²) in [5.41, 5.74) is 1.07. The summed E-state index contributed by atoms with van der Waals surface area (Å²) in [5.74, 6) is 0. The zero-order valence-electron chi connectivity index (χ0n) is 10.9. The molecule has 1 rings (SSSR count). The summed E-state index contributed by atoms with van der Waals surface area (Å²) in [6.45, 7) is 7.52. The van der Waals surface area contributed by atoms with Crippen LogP contribution in [-0.2, 0) is 16.6 Å². The summed E-state index contributed by atoms with van der Waals surface area (Å²) in [5, 5.41) is 3.19. The fraction of sp³-hybridized carbons (Fsp3) is 0.385. The van der Waals surface area contributed by atoms with E-state index in [0.29, 0.717) is 11.4 Å². The molecule has 0 saturated carbocycles. The molecule has 0 aromatic heterocycles. The van der Waals surface area contributed by atoms with Gasteiger partial charge in [-0.25, -0.2) is 8.42 Å². The Morgan fingerprint density at radius 1 is 1.33 bits per heavy atom. The van der Waals surface area contributed by atoms with Crippen molar-refractivity contribution in [3.63, 3.8) is 0 Å². The van der Waals surface area contributed by atoms with Gasteiger partial charge in [0.25, 0.3) is 0 Å². The van der Waals surface area contributed by atoms with Crippen molar-refractivity contribution in [2.24, 2.45) is 0 Å². The number of hydrogen-bond donors (Lipinski definition) is 1. The molecule has 0 spiro atoms. The molecule has 0 radical (unpaired) electrons. The van der Waals surface area contributed by atoms with Gasteiger partial charge in [0, 0.05) is 20.1 Å². The molecule has 1 N–H and O–H groups in total. The van der Waals surface area contributed by atoms with Crippen molar-refractivity contribution in [3.8, 4) is 0 Å². The van der Waals surface area contributed by atoms with Gasteiger partial charge in [0.05, 0.1) is 4.90 Å². The van der Waals surface area contributed by atoms with Gasteiger partial charge in [-0.3, -0.25) is 0 Å². The van der Waals surface area contributed by atoms with Crippen LogP contribution in [0.4, 0.5) is 0 Å². The summed E-state index contributed by atoms with van der Waals surface area (Å²) in [7, 11) is -1.85. The van der Waals surface area contributed by atoms with Gasteiger partial charge in [-0.1, -0.05) is 25.1 Å². The lowest BCUT2D eigenvalue weighted by Crippen LogP contribution is -2.27. The molecule has 1 aromatic rings. The molecule has 0 atom stereocenters. The molecule has 18 heavy (non-hydrogen) atoms. The first-order valence-electron chi connectivity index (χ1n) is 5.89. The maximum absolute atomic E-state index is 12.1. The van der Waals surface area contributed by atoms with E-state index in [4.69, 9.17) is 0 Å². The number of nitrogens with one attached hydrogen (secondary N) is 1. The van der Waals surface area contributed by atoms with Crippen LogP contribution in [0.25, 0.3) is 0 Å². The highest BCUT2D eigenvalue weighted by molar-refractivity contribution is 7.89. The molecular weight excluding hydrogens is 248 g/mol. The van der Waals surface area contributed by atoms with Crippen molar-refractivity contribution in [2.45, 2.75) is 18.4 Å². The molecule has 0 aliphatic heterocycles. The zero-order valence-corrected chi connectivity index (χ0v) is 11.7. The normalized spacial score (nSPS) is 11.7. The monoisotopic (exact) mass is 268 g/mol. The van der Waals surface area contributed by atoms with E-state index in [1.165, 1.54) is 4.31 Å². The van der Waals surface area contributed by atoms with Gasteiger partial charge in [-0.15, -0.1) is 6.58 Å². The number of nitrogens with zero attached hydrogens (tertiary/aromatic N) is 1. The Kier molecular flexibility index (Phi) is 5.53. The average Bonchev–Trinajstić information content (AvgIpc) is 2.37. The van der Waals surface area contributed by atoms with Crippen molar-refractivity contribution in [1.29, 1.82) is 0 Å². The average molecular weight is 268 g/mol. The van der Waals surface area contributed by atoms with Crippen molar-refractivity contribution < 1.29 is 8.42 Å². The fourth-order valence-electron chi connectivity index (χ4n) is 1.51. The molecule has 0 saturated heterocycles. The zero-order chi connectivity index (χ0) is 13.6. The van der Waals surface area contributed by atoms with E-state index in [-0.39, 0.29) is 0 Å². The minimum Gasteiger partial charge on any atom is -0.313 e. The second kappa shape index (κ2) is 6.68. The molecule has 0 heterocycles. The lowest BCUT2D eigenvalue weighted by molar-refractivity contribution is 0.499. The van der Waals surface area contributed by atoms with Gasteiger partial charge < -0.3 is 5.32 Å². The minimum atomic E-state index is -3.40. The molecule has 0 unspecified atom stereocenters. The van der Waals surface area contributed by atoms with E-state index in [2.05, 4.69) is 11.9 Å². The predicted octanol–water partition coefficient (Wildman–Crippen LogP) is 1.60. The lowest BCUT2D eigenvalue weighted by Gasteiger charge is -2.15. The van der Waals surface area contributed by atoms with E-state index < -0.39 is 10.0 Å². The standard InChI is InChI=1S/C13H20N2O2S/c1-4-10-15(3)18(16,17)13-8-6-12(7-9-13)11-14-5-2/h4,6-9,14H,1,5,10-11H2,2-3H3. The SMILES string of the molecule is C=CCN(C)S(=O)(=O)c1ccc(CNCC)cc1. The highest BCUT2D eigenvalue weighted by Gasteiger charge is 2.18. The van der Waals surface area contributed by atoms with Crippen LogP contribution < -0.4 is 5.32 Å². The summed E-state index contributed by atoms with van der Waals surface area (Å²) in [6, 6.07) is 6.94. The summed E-state index contributed by atoms with van der Waals surface area (Å²) in [6.07, 6.45) is 1.57. The minimum absolute atomic E-state index is 0.307. The van der Waals surface area contributed by atoms with Crippen LogP contribution in [0.2, 0.25) is 0 Å². The van der Waals surface area contributed by atoms with E-state index in [1.807, 2.05) is 19.1 Å². The molecule has 0 fully saturated rings. The molecule has 0 aliphatic carbocycles. The van der Waals surface area contributed by atoms with Crippen LogP contribution in [0.15, 0.2) is 41.8 Å². The van der Waals surface area contributed by atoms with Gasteiger partial charge in [-0.2, -0.15) is 4.31 Å². The molecule has 4 nitrogen and oxygen atoms in total. The summed E-state index contributed by atoms with van der Waals surface area (Å²) in [4.78, 5) is 0.312. The summed E-state index contributed by atoms with van der Waals surface area (Å²) >= 11 is 0. The van der Waals surface area contributed by atoms with Crippen LogP contribution in [0.3, 0.4) is 0 Å². The Balaban J connectivity index is 2.87. The topological polar surface area (TPSA) is 49.4 Å². The molecular formula is C13H20N2O2S. The molecule has 0 bridgehead atoms. The number of hydrogen-bond acceptors (Lipinski definition) is 3. The Morgan fingerprint density at radius 2 is 1.94 bits per heavy atom. The van der Waals surface area contributed by atoms with Gasteiger partial charge in [0.1, 0.15) is 0 Å². The first-order valence-corrected chi connectivity index (χ1v) is 7.33. The number of sulfonamides is 1. The second-order valence-electron chi connectivity index (χ2n) is 4.00. The third-order valence-corrected chi connectivity index (χ3v) is 4.43. The Bertz CT molecular complexity index is 480. The first-order chi connectivity index (χ1) is 8.52. The molecule has 0 aliphatic rings. The predicted molar refractivity (Wildman–Crippen MR) is 73.8 cm³/mol. The van der Waals surface area contributed by atoms with E-state index in [1.54, 1.807) is 25.3 Å². The quantitative estimate of drug-likeness (QED) is 0.764. The van der Waals surface area contributed by atoms with Gasteiger partial charge in [-0.05, 0) is 24.2 Å². The molecule has 100 valence electrons. The smallest absolute Gasteiger partial charge is 0.243 e. The van der Waals surface area contributed by atoms with Crippen molar-refractivity contribution >= 4 is 10.0 Å². The largest absolute Gasteiger partial charge is 0.313 e. The maximum Gasteiger partial charge on any atom is 0.243 e. The van der Waals surface area contributed by atoms with Crippen LogP contribution in [0.1, 0.15) is 12.5 Å². The fourth-order valence-corrected chi connectivity index (χ4v) is 2.65. The number of likely N-dealkylation sites (N-methyl/N-ethyl adjacent to an activating group) is 1. The van der Waals surface area contributed by atoms with Crippen molar-refractivity contribution in [1.82, 2.24) is 9.62 Å². The number of benzene rings is 1. The van der Waals surface area contributed by atoms with Gasteiger partial charge in [0.2, 0.25) is 10.0 Å². The van der Waals surface area contributed by atoms with Crippen LogP contribution in [0, 0.1) is 0 Å². The van der Waals surface area contributed by atoms with E-state index in [9.17, 15) is 8.42 Å². The molecule has 0 amide bonds. The number of rotatable bonds is 7. The van der Waals surface area contributed by atoms with Gasteiger partial charge in [0.15, 0.2) is 0 Å². The second-order valence-corrected chi connectivity index (χ2v) is 6.04. The van der Waals surface area contributed by atoms with Crippen LogP contribution in [0.5, 0.6) is 0 Å². The Morgan fingerprint density at radius 3 is 2.44 bits per heavy atom. The molecule has 5 heteroatoms. The first kappa shape index (κ1) is 14.9. The van der Waals surface area contributed by atoms with E-state index >= 15 is 0 Å². The third-order valence-electron chi connectivity index (χ3n) is 2.60. The van der Waals surface area contributed by atoms with Crippen molar-refractivity contribution in [3.05, 3.63) is 42.5 Å². The van der Waals surface area contributed by atoms with Crippen molar-refractivity contribution in [2.75, 3.05) is 20.1 Å².